The molecule has 5 nitrogen and oxygen atoms in total. The number of esters is 1. The third-order valence-electron chi connectivity index (χ3n) is 6.06. The maximum atomic E-state index is 11.7. The molecule has 0 heterocycles. The Hall–Kier alpha value is -1.04. The smallest absolute Gasteiger partial charge is 0.461 e. The predicted molar refractivity (Wildman–Crippen MR) is 149 cm³/mol. The highest BCUT2D eigenvalue weighted by Gasteiger charge is 2.08. The van der Waals surface area contributed by atoms with Gasteiger partial charge in [-0.2, -0.15) is 0 Å². The van der Waals surface area contributed by atoms with Crippen LogP contribution >= 0.6 is 15.9 Å². The molecule has 0 N–H and O–H groups in total. The van der Waals surface area contributed by atoms with Gasteiger partial charge in [0.15, 0.2) is 0 Å². The Balaban J connectivity index is 3.39. The summed E-state index contributed by atoms with van der Waals surface area (Å²) in [5.74, 6) is -0.230. The summed E-state index contributed by atoms with van der Waals surface area (Å²) in [6, 6.07) is 0. The Morgan fingerprint density at radius 3 is 1.60 bits per heavy atom. The summed E-state index contributed by atoms with van der Waals surface area (Å²) in [6.07, 6.45) is 23.2. The Bertz CT molecular complexity index is 509. The van der Waals surface area contributed by atoms with Crippen LogP contribution in [0, 0.1) is 0 Å². The third-order valence-corrected chi connectivity index (χ3v) is 6.62. The number of carbonyl (C=O) groups excluding carboxylic acids is 2. The lowest BCUT2D eigenvalue weighted by atomic mass is 10.0. The fourth-order valence-electron chi connectivity index (χ4n) is 3.85. The van der Waals surface area contributed by atoms with Gasteiger partial charge in [0.1, 0.15) is 13.2 Å². The Labute approximate surface area is 224 Å². The molecule has 0 aliphatic heterocycles. The molecule has 0 atom stereocenters. The number of hydrogen-bond acceptors (Lipinski definition) is 5. The van der Waals surface area contributed by atoms with E-state index in [0.717, 1.165) is 37.4 Å². The van der Waals surface area contributed by atoms with Gasteiger partial charge in [-0.15, -0.1) is 0 Å². The van der Waals surface area contributed by atoms with Crippen LogP contribution in [0.5, 0.6) is 0 Å². The predicted octanol–water partition coefficient (Wildman–Crippen LogP) is 9.46. The van der Waals surface area contributed by atoms with E-state index in [1.807, 2.05) is 0 Å². The molecule has 0 unspecified atom stereocenters. The van der Waals surface area contributed by atoms with Crippen molar-refractivity contribution >= 4 is 28.1 Å². The van der Waals surface area contributed by atoms with Gasteiger partial charge in [0.2, 0.25) is 0 Å². The van der Waals surface area contributed by atoms with E-state index in [1.54, 1.807) is 0 Å². The van der Waals surface area contributed by atoms with Gasteiger partial charge in [-0.1, -0.05) is 132 Å². The topological polar surface area (TPSA) is 61.8 Å². The molecule has 0 bridgehead atoms. The number of alkyl halides is 1. The quantitative estimate of drug-likeness (QED) is 0.0456. The summed E-state index contributed by atoms with van der Waals surface area (Å²) in [4.78, 5) is 23.4. The van der Waals surface area contributed by atoms with Crippen LogP contribution in [0.15, 0.2) is 12.2 Å². The number of rotatable bonds is 26. The zero-order valence-corrected chi connectivity index (χ0v) is 24.2. The second kappa shape index (κ2) is 27.5. The first kappa shape index (κ1) is 34.0. The van der Waals surface area contributed by atoms with E-state index in [9.17, 15) is 9.59 Å². The van der Waals surface area contributed by atoms with Gasteiger partial charge in [-0.05, 0) is 24.8 Å². The van der Waals surface area contributed by atoms with E-state index < -0.39 is 6.16 Å². The standard InChI is InChI=1S/C29H53BrO5/c1-3-4-5-6-7-8-9-10-11-12-13-14-18-21-24-33-29(32)35-26-27(2)25-34-28(31)22-19-16-15-17-20-23-30/h2-26H2,1H3. The molecule has 0 rings (SSSR count). The minimum atomic E-state index is -0.685. The lowest BCUT2D eigenvalue weighted by Gasteiger charge is -2.09. The molecule has 0 aliphatic rings. The lowest BCUT2D eigenvalue weighted by molar-refractivity contribution is -0.142. The van der Waals surface area contributed by atoms with Crippen molar-refractivity contribution in [1.82, 2.24) is 0 Å². The molecule has 0 saturated carbocycles. The molecule has 0 spiro atoms. The monoisotopic (exact) mass is 560 g/mol. The van der Waals surface area contributed by atoms with Gasteiger partial charge in [0.05, 0.1) is 6.61 Å². The van der Waals surface area contributed by atoms with Crippen molar-refractivity contribution < 1.29 is 23.8 Å². The SMILES string of the molecule is C=C(COC(=O)CCCCCCCBr)COC(=O)OCCCCCCCCCCCCCCCC. The van der Waals surface area contributed by atoms with Gasteiger partial charge >= 0.3 is 12.1 Å². The first-order chi connectivity index (χ1) is 17.1. The second-order valence-electron chi connectivity index (χ2n) is 9.60. The fourth-order valence-corrected chi connectivity index (χ4v) is 4.24. The first-order valence-electron chi connectivity index (χ1n) is 14.3. The molecule has 0 aromatic heterocycles. The highest BCUT2D eigenvalue weighted by molar-refractivity contribution is 9.09. The molecule has 0 saturated heterocycles. The maximum Gasteiger partial charge on any atom is 0.508 e. The van der Waals surface area contributed by atoms with Gasteiger partial charge < -0.3 is 14.2 Å². The summed E-state index contributed by atoms with van der Waals surface area (Å²) in [7, 11) is 0. The number of unbranched alkanes of at least 4 members (excludes halogenated alkanes) is 17. The van der Waals surface area contributed by atoms with Crippen LogP contribution in [0.3, 0.4) is 0 Å². The Kier molecular flexibility index (Phi) is 26.7. The van der Waals surface area contributed by atoms with E-state index >= 15 is 0 Å². The molecule has 0 amide bonds. The van der Waals surface area contributed by atoms with E-state index in [1.165, 1.54) is 89.9 Å². The number of carbonyl (C=O) groups is 2. The molecule has 0 aliphatic carbocycles. The second-order valence-corrected chi connectivity index (χ2v) is 10.4. The van der Waals surface area contributed by atoms with Crippen molar-refractivity contribution in [3.63, 3.8) is 0 Å². The largest absolute Gasteiger partial charge is 0.508 e. The number of halogens is 1. The van der Waals surface area contributed by atoms with Crippen LogP contribution < -0.4 is 0 Å². The number of ether oxygens (including phenoxy) is 3. The molecule has 206 valence electrons. The summed E-state index contributed by atoms with van der Waals surface area (Å²) < 4.78 is 15.3. The zero-order valence-electron chi connectivity index (χ0n) is 22.6. The van der Waals surface area contributed by atoms with E-state index in [-0.39, 0.29) is 19.2 Å². The average molecular weight is 562 g/mol. The Morgan fingerprint density at radius 2 is 1.06 bits per heavy atom. The molecular weight excluding hydrogens is 508 g/mol. The van der Waals surface area contributed by atoms with Crippen molar-refractivity contribution in [3.05, 3.63) is 12.2 Å². The van der Waals surface area contributed by atoms with Crippen LogP contribution in [0.25, 0.3) is 0 Å². The van der Waals surface area contributed by atoms with Crippen LogP contribution in [0.4, 0.5) is 4.79 Å². The van der Waals surface area contributed by atoms with Gasteiger partial charge in [-0.25, -0.2) is 4.79 Å². The molecule has 0 radical (unpaired) electrons. The van der Waals surface area contributed by atoms with Crippen molar-refractivity contribution in [2.75, 3.05) is 25.2 Å². The first-order valence-corrected chi connectivity index (χ1v) is 15.4. The van der Waals surface area contributed by atoms with Crippen molar-refractivity contribution in [1.29, 1.82) is 0 Å². The third kappa shape index (κ3) is 27.4. The van der Waals surface area contributed by atoms with E-state index in [0.29, 0.717) is 18.6 Å². The lowest BCUT2D eigenvalue weighted by Crippen LogP contribution is -2.14. The van der Waals surface area contributed by atoms with E-state index in [2.05, 4.69) is 29.4 Å². The summed E-state index contributed by atoms with van der Waals surface area (Å²) in [5, 5.41) is 1.03. The zero-order chi connectivity index (χ0) is 25.8. The van der Waals surface area contributed by atoms with E-state index in [4.69, 9.17) is 14.2 Å². The minimum Gasteiger partial charge on any atom is -0.461 e. The van der Waals surface area contributed by atoms with Gasteiger partial charge in [0, 0.05) is 11.8 Å². The molecule has 0 aromatic carbocycles. The highest BCUT2D eigenvalue weighted by Crippen LogP contribution is 2.13. The molecule has 0 fully saturated rings. The molecule has 0 aromatic rings. The molecular formula is C29H53BrO5. The summed E-state index contributed by atoms with van der Waals surface area (Å²) in [5.41, 5.74) is 0.545. The van der Waals surface area contributed by atoms with Crippen LogP contribution in [-0.2, 0) is 19.0 Å². The van der Waals surface area contributed by atoms with Crippen molar-refractivity contribution in [2.24, 2.45) is 0 Å². The molecule has 35 heavy (non-hydrogen) atoms. The van der Waals surface area contributed by atoms with Crippen LogP contribution in [0.2, 0.25) is 0 Å². The summed E-state index contributed by atoms with van der Waals surface area (Å²) in [6.45, 7) is 6.53. The van der Waals surface area contributed by atoms with Gasteiger partial charge in [0.25, 0.3) is 0 Å². The maximum absolute atomic E-state index is 11.7. The van der Waals surface area contributed by atoms with Crippen LogP contribution in [-0.4, -0.2) is 37.3 Å². The fraction of sp³-hybridized carbons (Fsp3) is 0.862. The van der Waals surface area contributed by atoms with Crippen LogP contribution in [0.1, 0.15) is 135 Å². The van der Waals surface area contributed by atoms with Crippen molar-refractivity contribution in [2.45, 2.75) is 135 Å². The Morgan fingerprint density at radius 1 is 0.600 bits per heavy atom. The average Bonchev–Trinajstić information content (AvgIpc) is 2.85. The molecule has 6 heteroatoms. The van der Waals surface area contributed by atoms with Gasteiger partial charge in [-0.3, -0.25) is 4.79 Å². The number of hydrogen-bond donors (Lipinski definition) is 0. The summed E-state index contributed by atoms with van der Waals surface area (Å²) >= 11 is 3.41. The normalized spacial score (nSPS) is 10.8. The highest BCUT2D eigenvalue weighted by atomic mass is 79.9. The van der Waals surface area contributed by atoms with Crippen molar-refractivity contribution in [3.8, 4) is 0 Å². The minimum absolute atomic E-state index is 0.0113.